The fourth-order valence-corrected chi connectivity index (χ4v) is 3.14. The number of nitrogens with zero attached hydrogens (tertiary/aromatic N) is 1. The highest BCUT2D eigenvalue weighted by atomic mass is 16.2. The summed E-state index contributed by atoms with van der Waals surface area (Å²) in [6.07, 6.45) is 1.03. The van der Waals surface area contributed by atoms with Crippen molar-refractivity contribution in [1.29, 1.82) is 0 Å². The standard InChI is InChI=1S/C19H22N2O/c1-15(22)21(18-11-12-20-13-18)14-17-9-5-6-10-19(17)16-7-3-2-4-8-16/h2-10,18,20H,11-14H2,1H3/t18-/m0/s1. The van der Waals surface area contributed by atoms with Gasteiger partial charge in [-0.3, -0.25) is 4.79 Å². The number of rotatable bonds is 4. The van der Waals surface area contributed by atoms with Gasteiger partial charge < -0.3 is 10.2 Å². The van der Waals surface area contributed by atoms with Gasteiger partial charge in [0.2, 0.25) is 5.91 Å². The average molecular weight is 294 g/mol. The van der Waals surface area contributed by atoms with Crippen LogP contribution < -0.4 is 5.32 Å². The molecule has 1 atom stereocenters. The lowest BCUT2D eigenvalue weighted by atomic mass is 9.99. The summed E-state index contributed by atoms with van der Waals surface area (Å²) >= 11 is 0. The Balaban J connectivity index is 1.89. The Morgan fingerprint density at radius 3 is 2.55 bits per heavy atom. The minimum absolute atomic E-state index is 0.150. The topological polar surface area (TPSA) is 32.3 Å². The Labute approximate surface area is 132 Å². The SMILES string of the molecule is CC(=O)N(Cc1ccccc1-c1ccccc1)[C@H]1CCNC1. The van der Waals surface area contributed by atoms with Crippen LogP contribution in [-0.2, 0) is 11.3 Å². The van der Waals surface area contributed by atoms with Crippen LogP contribution in [-0.4, -0.2) is 29.9 Å². The molecular formula is C19H22N2O. The third kappa shape index (κ3) is 3.20. The average Bonchev–Trinajstić information content (AvgIpc) is 3.07. The highest BCUT2D eigenvalue weighted by Crippen LogP contribution is 2.25. The van der Waals surface area contributed by atoms with Crippen LogP contribution in [0, 0.1) is 0 Å². The van der Waals surface area contributed by atoms with Gasteiger partial charge in [0.15, 0.2) is 0 Å². The maximum absolute atomic E-state index is 12.1. The number of carbonyl (C=O) groups is 1. The molecule has 1 N–H and O–H groups in total. The molecule has 2 aromatic carbocycles. The minimum Gasteiger partial charge on any atom is -0.334 e. The molecule has 0 unspecified atom stereocenters. The van der Waals surface area contributed by atoms with E-state index >= 15 is 0 Å². The van der Waals surface area contributed by atoms with E-state index in [2.05, 4.69) is 47.8 Å². The molecule has 0 aliphatic carbocycles. The summed E-state index contributed by atoms with van der Waals surface area (Å²) in [7, 11) is 0. The van der Waals surface area contributed by atoms with E-state index < -0.39 is 0 Å². The molecule has 1 amide bonds. The molecule has 1 aliphatic heterocycles. The fraction of sp³-hybridized carbons (Fsp3) is 0.316. The smallest absolute Gasteiger partial charge is 0.220 e. The summed E-state index contributed by atoms with van der Waals surface area (Å²) in [6.45, 7) is 4.23. The van der Waals surface area contributed by atoms with E-state index in [1.54, 1.807) is 6.92 Å². The maximum Gasteiger partial charge on any atom is 0.220 e. The quantitative estimate of drug-likeness (QED) is 0.940. The molecule has 3 nitrogen and oxygen atoms in total. The van der Waals surface area contributed by atoms with Gasteiger partial charge in [-0.1, -0.05) is 54.6 Å². The molecule has 3 rings (SSSR count). The maximum atomic E-state index is 12.1. The zero-order valence-corrected chi connectivity index (χ0v) is 13.0. The molecule has 0 spiro atoms. The minimum atomic E-state index is 0.150. The van der Waals surface area contributed by atoms with Crippen LogP contribution in [0.15, 0.2) is 54.6 Å². The molecule has 0 saturated carbocycles. The molecule has 1 heterocycles. The molecule has 0 radical (unpaired) electrons. The number of hydrogen-bond acceptors (Lipinski definition) is 2. The highest BCUT2D eigenvalue weighted by molar-refractivity contribution is 5.74. The van der Waals surface area contributed by atoms with Crippen molar-refractivity contribution >= 4 is 5.91 Å². The summed E-state index contributed by atoms with van der Waals surface area (Å²) in [5.74, 6) is 0.150. The summed E-state index contributed by atoms with van der Waals surface area (Å²) in [6, 6.07) is 19.0. The Hall–Kier alpha value is -2.13. The molecule has 1 saturated heterocycles. The number of nitrogens with one attached hydrogen (secondary N) is 1. The van der Waals surface area contributed by atoms with Crippen molar-refractivity contribution in [2.75, 3.05) is 13.1 Å². The number of benzene rings is 2. The van der Waals surface area contributed by atoms with Crippen molar-refractivity contribution in [3.63, 3.8) is 0 Å². The van der Waals surface area contributed by atoms with Crippen LogP contribution in [0.4, 0.5) is 0 Å². The van der Waals surface area contributed by atoms with Crippen LogP contribution in [0.25, 0.3) is 11.1 Å². The van der Waals surface area contributed by atoms with Crippen molar-refractivity contribution in [3.8, 4) is 11.1 Å². The fourth-order valence-electron chi connectivity index (χ4n) is 3.14. The van der Waals surface area contributed by atoms with Gasteiger partial charge in [0, 0.05) is 26.1 Å². The Kier molecular flexibility index (Phi) is 4.54. The first-order chi connectivity index (χ1) is 10.8. The van der Waals surface area contributed by atoms with Crippen molar-refractivity contribution in [1.82, 2.24) is 10.2 Å². The van der Waals surface area contributed by atoms with Crippen LogP contribution in [0.5, 0.6) is 0 Å². The summed E-state index contributed by atoms with van der Waals surface area (Å²) in [5, 5.41) is 3.35. The molecular weight excluding hydrogens is 272 g/mol. The lowest BCUT2D eigenvalue weighted by Gasteiger charge is -2.28. The highest BCUT2D eigenvalue weighted by Gasteiger charge is 2.25. The normalized spacial score (nSPS) is 17.4. The van der Waals surface area contributed by atoms with E-state index in [-0.39, 0.29) is 5.91 Å². The number of hydrogen-bond donors (Lipinski definition) is 1. The second kappa shape index (κ2) is 6.75. The van der Waals surface area contributed by atoms with Gasteiger partial charge >= 0.3 is 0 Å². The van der Waals surface area contributed by atoms with Crippen molar-refractivity contribution in [2.24, 2.45) is 0 Å². The zero-order valence-electron chi connectivity index (χ0n) is 13.0. The van der Waals surface area contributed by atoms with Gasteiger partial charge in [-0.2, -0.15) is 0 Å². The monoisotopic (exact) mass is 294 g/mol. The second-order valence-electron chi connectivity index (χ2n) is 5.82. The summed E-state index contributed by atoms with van der Waals surface area (Å²) in [5.41, 5.74) is 3.61. The first kappa shape index (κ1) is 14.8. The van der Waals surface area contributed by atoms with Gasteiger partial charge in [0.05, 0.1) is 0 Å². The Morgan fingerprint density at radius 1 is 1.14 bits per heavy atom. The van der Waals surface area contributed by atoms with Crippen LogP contribution in [0.3, 0.4) is 0 Å². The van der Waals surface area contributed by atoms with E-state index in [4.69, 9.17) is 0 Å². The van der Waals surface area contributed by atoms with Crippen molar-refractivity contribution in [3.05, 3.63) is 60.2 Å². The molecule has 22 heavy (non-hydrogen) atoms. The van der Waals surface area contributed by atoms with Crippen molar-refractivity contribution < 1.29 is 4.79 Å². The van der Waals surface area contributed by atoms with Crippen LogP contribution >= 0.6 is 0 Å². The van der Waals surface area contributed by atoms with Gasteiger partial charge in [-0.25, -0.2) is 0 Å². The third-order valence-corrected chi connectivity index (χ3v) is 4.32. The largest absolute Gasteiger partial charge is 0.334 e. The molecule has 114 valence electrons. The van der Waals surface area contributed by atoms with Gasteiger partial charge in [0.1, 0.15) is 0 Å². The van der Waals surface area contributed by atoms with Gasteiger partial charge in [0.25, 0.3) is 0 Å². The van der Waals surface area contributed by atoms with Crippen LogP contribution in [0.1, 0.15) is 18.9 Å². The van der Waals surface area contributed by atoms with Gasteiger partial charge in [-0.05, 0) is 29.7 Å². The van der Waals surface area contributed by atoms with Crippen LogP contribution in [0.2, 0.25) is 0 Å². The van der Waals surface area contributed by atoms with E-state index in [0.717, 1.165) is 19.5 Å². The van der Waals surface area contributed by atoms with E-state index in [1.165, 1.54) is 16.7 Å². The Morgan fingerprint density at radius 2 is 1.86 bits per heavy atom. The first-order valence-electron chi connectivity index (χ1n) is 7.87. The molecule has 2 aromatic rings. The van der Waals surface area contributed by atoms with E-state index in [0.29, 0.717) is 12.6 Å². The summed E-state index contributed by atoms with van der Waals surface area (Å²) < 4.78 is 0. The number of amides is 1. The third-order valence-electron chi connectivity index (χ3n) is 4.32. The van der Waals surface area contributed by atoms with E-state index in [9.17, 15) is 4.79 Å². The zero-order chi connectivity index (χ0) is 15.4. The predicted molar refractivity (Wildman–Crippen MR) is 89.4 cm³/mol. The summed E-state index contributed by atoms with van der Waals surface area (Å²) in [4.78, 5) is 14.1. The predicted octanol–water partition coefficient (Wildman–Crippen LogP) is 3.06. The molecule has 0 bridgehead atoms. The lowest BCUT2D eigenvalue weighted by molar-refractivity contribution is -0.131. The molecule has 3 heteroatoms. The van der Waals surface area contributed by atoms with E-state index in [1.807, 2.05) is 17.0 Å². The Bertz CT molecular complexity index is 633. The molecule has 0 aromatic heterocycles. The molecule has 1 aliphatic rings. The molecule has 1 fully saturated rings. The van der Waals surface area contributed by atoms with Gasteiger partial charge in [-0.15, -0.1) is 0 Å². The first-order valence-corrected chi connectivity index (χ1v) is 7.87. The van der Waals surface area contributed by atoms with Crippen molar-refractivity contribution in [2.45, 2.75) is 25.9 Å². The number of carbonyl (C=O) groups excluding carboxylic acids is 1. The second-order valence-corrected chi connectivity index (χ2v) is 5.82. The lowest BCUT2D eigenvalue weighted by Crippen LogP contribution is -2.39.